The predicted octanol–water partition coefficient (Wildman–Crippen LogP) is 2.24. The molecule has 7 heteroatoms. The van der Waals surface area contributed by atoms with Crippen LogP contribution in [-0.4, -0.2) is 76.2 Å². The van der Waals surface area contributed by atoms with Crippen LogP contribution in [0.25, 0.3) is 0 Å². The van der Waals surface area contributed by atoms with Gasteiger partial charge >= 0.3 is 12.0 Å². The van der Waals surface area contributed by atoms with Crippen molar-refractivity contribution in [3.8, 4) is 0 Å². The number of carbonyl (C=O) groups is 2. The van der Waals surface area contributed by atoms with Crippen LogP contribution in [0.5, 0.6) is 0 Å². The van der Waals surface area contributed by atoms with E-state index in [0.717, 1.165) is 44.6 Å². The van der Waals surface area contributed by atoms with E-state index in [-0.39, 0.29) is 24.7 Å². The monoisotopic (exact) mass is 357 g/mol. The van der Waals surface area contributed by atoms with Gasteiger partial charge in [0.25, 0.3) is 0 Å². The molecule has 138 valence electrons. The van der Waals surface area contributed by atoms with Crippen LogP contribution in [0.2, 0.25) is 0 Å². The zero-order valence-electron chi connectivity index (χ0n) is 14.9. The summed E-state index contributed by atoms with van der Waals surface area (Å²) in [4.78, 5) is 27.4. The molecule has 1 unspecified atom stereocenters. The summed E-state index contributed by atoms with van der Waals surface area (Å²) >= 11 is 1.95. The fourth-order valence-corrected chi connectivity index (χ4v) is 4.69. The van der Waals surface area contributed by atoms with Gasteiger partial charge in [-0.3, -0.25) is 9.69 Å². The van der Waals surface area contributed by atoms with Crippen molar-refractivity contribution in [3.05, 3.63) is 0 Å². The molecule has 1 atom stereocenters. The Labute approximate surface area is 149 Å². The summed E-state index contributed by atoms with van der Waals surface area (Å²) in [5.74, 6) is 0.314. The minimum Gasteiger partial charge on any atom is -0.480 e. The molecule has 1 aliphatic carbocycles. The van der Waals surface area contributed by atoms with E-state index in [2.05, 4.69) is 12.2 Å². The molecule has 1 aliphatic heterocycles. The average Bonchev–Trinajstić information content (AvgIpc) is 2.74. The molecule has 0 bridgehead atoms. The lowest BCUT2D eigenvalue weighted by Gasteiger charge is -2.42. The van der Waals surface area contributed by atoms with Crippen molar-refractivity contribution in [1.29, 1.82) is 0 Å². The molecule has 0 radical (unpaired) electrons. The lowest BCUT2D eigenvalue weighted by Crippen LogP contribution is -2.57. The number of amides is 2. The fourth-order valence-electron chi connectivity index (χ4n) is 3.60. The Morgan fingerprint density at radius 2 is 2.04 bits per heavy atom. The summed E-state index contributed by atoms with van der Waals surface area (Å²) in [5, 5.41) is 12.6. The second-order valence-corrected chi connectivity index (χ2v) is 8.32. The predicted molar refractivity (Wildman–Crippen MR) is 97.6 cm³/mol. The summed E-state index contributed by atoms with van der Waals surface area (Å²) in [6.07, 6.45) is 5.20. The van der Waals surface area contributed by atoms with E-state index in [1.54, 1.807) is 0 Å². The van der Waals surface area contributed by atoms with Crippen LogP contribution in [0.1, 0.15) is 46.0 Å². The van der Waals surface area contributed by atoms with Crippen LogP contribution >= 0.6 is 11.8 Å². The number of rotatable bonds is 7. The van der Waals surface area contributed by atoms with Gasteiger partial charge in [-0.05, 0) is 38.0 Å². The van der Waals surface area contributed by atoms with Gasteiger partial charge < -0.3 is 15.3 Å². The Hall–Kier alpha value is -0.950. The fraction of sp³-hybridized carbons (Fsp3) is 0.882. The molecule has 24 heavy (non-hydrogen) atoms. The number of nitrogens with zero attached hydrogens (tertiary/aromatic N) is 2. The molecular weight excluding hydrogens is 326 g/mol. The largest absolute Gasteiger partial charge is 0.480 e. The van der Waals surface area contributed by atoms with Crippen molar-refractivity contribution in [2.24, 2.45) is 0 Å². The second-order valence-electron chi connectivity index (χ2n) is 6.75. The molecule has 0 aromatic heterocycles. The highest BCUT2D eigenvalue weighted by molar-refractivity contribution is 7.99. The molecule has 0 aromatic carbocycles. The van der Waals surface area contributed by atoms with E-state index >= 15 is 0 Å². The number of aliphatic carboxylic acids is 1. The Kier molecular flexibility index (Phi) is 7.68. The maximum Gasteiger partial charge on any atom is 0.317 e. The first-order chi connectivity index (χ1) is 11.5. The van der Waals surface area contributed by atoms with Crippen LogP contribution in [0.15, 0.2) is 0 Å². The maximum absolute atomic E-state index is 12.5. The van der Waals surface area contributed by atoms with Gasteiger partial charge in [0.05, 0.1) is 6.54 Å². The number of hydrogen-bond donors (Lipinski definition) is 2. The lowest BCUT2D eigenvalue weighted by molar-refractivity contribution is -0.139. The summed E-state index contributed by atoms with van der Waals surface area (Å²) in [6, 6.07) is 0.526. The molecule has 2 fully saturated rings. The second kappa shape index (κ2) is 9.51. The van der Waals surface area contributed by atoms with Crippen molar-refractivity contribution in [3.63, 3.8) is 0 Å². The molecular formula is C17H31N3O3S. The van der Waals surface area contributed by atoms with Crippen LogP contribution in [-0.2, 0) is 4.79 Å². The Balaban J connectivity index is 1.76. The van der Waals surface area contributed by atoms with Crippen LogP contribution in [0.4, 0.5) is 4.79 Å². The van der Waals surface area contributed by atoms with Crippen molar-refractivity contribution in [2.75, 3.05) is 31.9 Å². The van der Waals surface area contributed by atoms with E-state index in [1.165, 1.54) is 12.8 Å². The maximum atomic E-state index is 12.5. The molecule has 1 heterocycles. The molecule has 2 rings (SSSR count). The first-order valence-electron chi connectivity index (χ1n) is 9.16. The van der Waals surface area contributed by atoms with Crippen LogP contribution in [0.3, 0.4) is 0 Å². The first kappa shape index (κ1) is 19.4. The van der Waals surface area contributed by atoms with Gasteiger partial charge in [-0.1, -0.05) is 20.3 Å². The number of hydrogen-bond acceptors (Lipinski definition) is 4. The molecule has 2 amide bonds. The normalized spacial score (nSPS) is 27.5. The highest BCUT2D eigenvalue weighted by atomic mass is 32.2. The van der Waals surface area contributed by atoms with Crippen molar-refractivity contribution >= 4 is 23.8 Å². The Bertz CT molecular complexity index is 429. The minimum absolute atomic E-state index is 0.0586. The van der Waals surface area contributed by atoms with Gasteiger partial charge in [0.1, 0.15) is 0 Å². The molecule has 2 N–H and O–H groups in total. The third-order valence-corrected chi connectivity index (χ3v) is 6.21. The molecule has 2 aliphatic rings. The zero-order valence-corrected chi connectivity index (χ0v) is 15.7. The van der Waals surface area contributed by atoms with Gasteiger partial charge in [0.15, 0.2) is 0 Å². The Morgan fingerprint density at radius 1 is 1.29 bits per heavy atom. The van der Waals surface area contributed by atoms with Crippen LogP contribution in [0, 0.1) is 0 Å². The summed E-state index contributed by atoms with van der Waals surface area (Å²) in [5.41, 5.74) is 0. The number of likely N-dealkylation sites (tertiary alicyclic amines) is 1. The standard InChI is InChI=1S/C17H31N3O3S/c1-3-19(12-16(21)22)14-9-13(10-14)18-17(23)20-8-6-5-7-15(11-20)24-4-2/h13-15H,3-12H2,1-2H3,(H,18,23)(H,21,22). The summed E-state index contributed by atoms with van der Waals surface area (Å²) in [6.45, 7) is 6.68. The number of likely N-dealkylation sites (N-methyl/N-ethyl adjacent to an activating group) is 1. The summed E-state index contributed by atoms with van der Waals surface area (Å²) < 4.78 is 0. The van der Waals surface area contributed by atoms with Gasteiger partial charge in [0, 0.05) is 30.4 Å². The van der Waals surface area contributed by atoms with Gasteiger partial charge in [-0.15, -0.1) is 0 Å². The molecule has 0 spiro atoms. The van der Waals surface area contributed by atoms with Gasteiger partial charge in [0.2, 0.25) is 0 Å². The smallest absolute Gasteiger partial charge is 0.317 e. The SMILES string of the molecule is CCSC1CCCCN(C(=O)NC2CC(N(CC)CC(=O)O)C2)C1. The van der Waals surface area contributed by atoms with E-state index in [9.17, 15) is 9.59 Å². The van der Waals surface area contributed by atoms with E-state index < -0.39 is 5.97 Å². The quantitative estimate of drug-likeness (QED) is 0.731. The van der Waals surface area contributed by atoms with Crippen molar-refractivity contribution in [2.45, 2.75) is 63.3 Å². The third-order valence-electron chi connectivity index (χ3n) is 5.02. The molecule has 1 saturated carbocycles. The molecule has 6 nitrogen and oxygen atoms in total. The van der Waals surface area contributed by atoms with Gasteiger partial charge in [-0.25, -0.2) is 4.79 Å². The Morgan fingerprint density at radius 3 is 2.67 bits per heavy atom. The number of thioether (sulfide) groups is 1. The topological polar surface area (TPSA) is 72.9 Å². The molecule has 0 aromatic rings. The van der Waals surface area contributed by atoms with E-state index in [4.69, 9.17) is 5.11 Å². The minimum atomic E-state index is -0.784. The number of carboxylic acids is 1. The highest BCUT2D eigenvalue weighted by Crippen LogP contribution is 2.26. The number of carboxylic acid groups (broad SMARTS) is 1. The first-order valence-corrected chi connectivity index (χ1v) is 10.2. The third kappa shape index (κ3) is 5.55. The van der Waals surface area contributed by atoms with Crippen molar-refractivity contribution < 1.29 is 14.7 Å². The number of carbonyl (C=O) groups excluding carboxylic acids is 1. The van der Waals surface area contributed by atoms with E-state index in [1.807, 2.05) is 28.5 Å². The van der Waals surface area contributed by atoms with Gasteiger partial charge in [-0.2, -0.15) is 11.8 Å². The van der Waals surface area contributed by atoms with Crippen molar-refractivity contribution in [1.82, 2.24) is 15.1 Å². The number of nitrogens with one attached hydrogen (secondary N) is 1. The van der Waals surface area contributed by atoms with Crippen LogP contribution < -0.4 is 5.32 Å². The highest BCUT2D eigenvalue weighted by Gasteiger charge is 2.35. The molecule has 1 saturated heterocycles. The lowest BCUT2D eigenvalue weighted by atomic mass is 9.85. The number of urea groups is 1. The average molecular weight is 358 g/mol. The zero-order chi connectivity index (χ0) is 17.5. The van der Waals surface area contributed by atoms with E-state index in [0.29, 0.717) is 5.25 Å². The summed E-state index contributed by atoms with van der Waals surface area (Å²) in [7, 11) is 0.